The van der Waals surface area contributed by atoms with Gasteiger partial charge in [-0.25, -0.2) is 9.97 Å². The second kappa shape index (κ2) is 5.74. The van der Waals surface area contributed by atoms with Crippen molar-refractivity contribution in [3.63, 3.8) is 0 Å². The van der Waals surface area contributed by atoms with Crippen LogP contribution in [0, 0.1) is 0 Å². The number of thioether (sulfide) groups is 1. The van der Waals surface area contributed by atoms with Gasteiger partial charge in [0, 0.05) is 23.4 Å². The first-order chi connectivity index (χ1) is 9.72. The van der Waals surface area contributed by atoms with E-state index in [4.69, 9.17) is 4.98 Å². The molecule has 2 aromatic rings. The lowest BCUT2D eigenvalue weighted by Crippen LogP contribution is -2.02. The van der Waals surface area contributed by atoms with Crippen LogP contribution in [0.1, 0.15) is 24.5 Å². The molecule has 0 aliphatic heterocycles. The summed E-state index contributed by atoms with van der Waals surface area (Å²) in [5.74, 6) is 2.25. The molecule has 5 heteroatoms. The number of anilines is 1. The van der Waals surface area contributed by atoms with Crippen molar-refractivity contribution in [3.8, 4) is 11.4 Å². The summed E-state index contributed by atoms with van der Waals surface area (Å²) >= 11 is 5.36. The fourth-order valence-corrected chi connectivity index (χ4v) is 3.23. The number of hydrogen-bond acceptors (Lipinski definition) is 4. The molecule has 1 aliphatic rings. The van der Waals surface area contributed by atoms with Crippen molar-refractivity contribution < 1.29 is 0 Å². The van der Waals surface area contributed by atoms with Crippen LogP contribution >= 0.6 is 27.7 Å². The van der Waals surface area contributed by atoms with Crippen LogP contribution in [0.3, 0.4) is 0 Å². The van der Waals surface area contributed by atoms with Gasteiger partial charge in [-0.1, -0.05) is 12.1 Å². The molecule has 0 amide bonds. The molecule has 20 heavy (non-hydrogen) atoms. The first kappa shape index (κ1) is 13.9. The lowest BCUT2D eigenvalue weighted by atomic mass is 10.2. The lowest BCUT2D eigenvalue weighted by Gasteiger charge is -2.11. The molecule has 1 aromatic carbocycles. The zero-order chi connectivity index (χ0) is 14.1. The Morgan fingerprint density at radius 1 is 1.20 bits per heavy atom. The standard InChI is InChI=1S/C15H16BrN3S/c1-17-15-12(16)13(9-3-4-9)18-14(19-15)10-5-7-11(20-2)8-6-10/h5-9H,3-4H2,1-2H3,(H,17,18,19). The fraction of sp³-hybridized carbons (Fsp3) is 0.333. The molecule has 3 rings (SSSR count). The normalized spacial score (nSPS) is 14.3. The molecular formula is C15H16BrN3S. The van der Waals surface area contributed by atoms with Gasteiger partial charge in [0.25, 0.3) is 0 Å². The topological polar surface area (TPSA) is 37.8 Å². The van der Waals surface area contributed by atoms with Gasteiger partial charge in [0.1, 0.15) is 5.82 Å². The highest BCUT2D eigenvalue weighted by atomic mass is 79.9. The summed E-state index contributed by atoms with van der Waals surface area (Å²) in [5.41, 5.74) is 2.20. The van der Waals surface area contributed by atoms with Gasteiger partial charge in [0.15, 0.2) is 5.82 Å². The highest BCUT2D eigenvalue weighted by Crippen LogP contribution is 2.44. The molecule has 0 bridgehead atoms. The van der Waals surface area contributed by atoms with Gasteiger partial charge in [-0.15, -0.1) is 11.8 Å². The van der Waals surface area contributed by atoms with Crippen molar-refractivity contribution in [2.75, 3.05) is 18.6 Å². The third-order valence-electron chi connectivity index (χ3n) is 3.43. The van der Waals surface area contributed by atoms with E-state index in [0.29, 0.717) is 5.92 Å². The van der Waals surface area contributed by atoms with Crippen molar-refractivity contribution in [1.82, 2.24) is 9.97 Å². The third kappa shape index (κ3) is 2.69. The Labute approximate surface area is 131 Å². The number of nitrogens with one attached hydrogen (secondary N) is 1. The van der Waals surface area contributed by atoms with Gasteiger partial charge in [-0.2, -0.15) is 0 Å². The number of rotatable bonds is 4. The van der Waals surface area contributed by atoms with E-state index in [1.165, 1.54) is 17.7 Å². The Balaban J connectivity index is 2.05. The van der Waals surface area contributed by atoms with Crippen molar-refractivity contribution in [1.29, 1.82) is 0 Å². The molecule has 1 saturated carbocycles. The first-order valence-electron chi connectivity index (χ1n) is 6.62. The minimum absolute atomic E-state index is 0.587. The SMILES string of the molecule is CNc1nc(-c2ccc(SC)cc2)nc(C2CC2)c1Br. The lowest BCUT2D eigenvalue weighted by molar-refractivity contribution is 0.980. The zero-order valence-electron chi connectivity index (χ0n) is 11.5. The van der Waals surface area contributed by atoms with Crippen LogP contribution in [-0.2, 0) is 0 Å². The summed E-state index contributed by atoms with van der Waals surface area (Å²) < 4.78 is 1.01. The van der Waals surface area contributed by atoms with Crippen molar-refractivity contribution in [3.05, 3.63) is 34.4 Å². The smallest absolute Gasteiger partial charge is 0.161 e. The molecule has 1 aromatic heterocycles. The predicted molar refractivity (Wildman–Crippen MR) is 88.5 cm³/mol. The monoisotopic (exact) mass is 349 g/mol. The van der Waals surface area contributed by atoms with E-state index < -0.39 is 0 Å². The second-order valence-electron chi connectivity index (χ2n) is 4.85. The largest absolute Gasteiger partial charge is 0.372 e. The van der Waals surface area contributed by atoms with E-state index >= 15 is 0 Å². The molecule has 0 unspecified atom stereocenters. The average molecular weight is 350 g/mol. The molecule has 0 saturated heterocycles. The van der Waals surface area contributed by atoms with E-state index in [9.17, 15) is 0 Å². The molecule has 0 spiro atoms. The summed E-state index contributed by atoms with van der Waals surface area (Å²) in [5, 5.41) is 3.15. The maximum absolute atomic E-state index is 4.76. The van der Waals surface area contributed by atoms with Crippen molar-refractivity contribution in [2.24, 2.45) is 0 Å². The van der Waals surface area contributed by atoms with Crippen molar-refractivity contribution >= 4 is 33.5 Å². The molecular weight excluding hydrogens is 334 g/mol. The van der Waals surface area contributed by atoms with Crippen LogP contribution < -0.4 is 5.32 Å². The van der Waals surface area contributed by atoms with E-state index in [-0.39, 0.29) is 0 Å². The van der Waals surface area contributed by atoms with E-state index in [1.54, 1.807) is 11.8 Å². The Morgan fingerprint density at radius 3 is 2.45 bits per heavy atom. The maximum Gasteiger partial charge on any atom is 0.161 e. The number of halogens is 1. The number of nitrogens with zero attached hydrogens (tertiary/aromatic N) is 2. The molecule has 1 aliphatic carbocycles. The van der Waals surface area contributed by atoms with Crippen LogP contribution in [0.5, 0.6) is 0 Å². The Morgan fingerprint density at radius 2 is 1.90 bits per heavy atom. The summed E-state index contributed by atoms with van der Waals surface area (Å²) in [4.78, 5) is 10.6. The summed E-state index contributed by atoms with van der Waals surface area (Å²) in [6.45, 7) is 0. The van der Waals surface area contributed by atoms with Crippen molar-refractivity contribution in [2.45, 2.75) is 23.7 Å². The minimum Gasteiger partial charge on any atom is -0.372 e. The first-order valence-corrected chi connectivity index (χ1v) is 8.64. The van der Waals surface area contributed by atoms with Gasteiger partial charge in [0.05, 0.1) is 10.2 Å². The van der Waals surface area contributed by atoms with Crippen LogP contribution in [-0.4, -0.2) is 23.3 Å². The molecule has 3 nitrogen and oxygen atoms in total. The van der Waals surface area contributed by atoms with Gasteiger partial charge in [-0.3, -0.25) is 0 Å². The number of benzene rings is 1. The van der Waals surface area contributed by atoms with E-state index in [1.807, 2.05) is 7.05 Å². The van der Waals surface area contributed by atoms with Crippen LogP contribution in [0.15, 0.2) is 33.6 Å². The molecule has 0 radical (unpaired) electrons. The number of aromatic nitrogens is 2. The molecule has 104 valence electrons. The predicted octanol–water partition coefficient (Wildman–Crippen LogP) is 4.55. The highest BCUT2D eigenvalue weighted by molar-refractivity contribution is 9.10. The Bertz CT molecular complexity index is 624. The molecule has 1 N–H and O–H groups in total. The zero-order valence-corrected chi connectivity index (χ0v) is 13.9. The third-order valence-corrected chi connectivity index (χ3v) is 4.95. The maximum atomic E-state index is 4.76. The van der Waals surface area contributed by atoms with Gasteiger partial charge >= 0.3 is 0 Å². The van der Waals surface area contributed by atoms with Gasteiger partial charge in [0.2, 0.25) is 0 Å². The van der Waals surface area contributed by atoms with Gasteiger partial charge in [-0.05, 0) is 47.2 Å². The minimum atomic E-state index is 0.587. The highest BCUT2D eigenvalue weighted by Gasteiger charge is 2.29. The van der Waals surface area contributed by atoms with E-state index in [2.05, 4.69) is 56.8 Å². The summed E-state index contributed by atoms with van der Waals surface area (Å²) in [7, 11) is 1.89. The van der Waals surface area contributed by atoms with Gasteiger partial charge < -0.3 is 5.32 Å². The number of hydrogen-bond donors (Lipinski definition) is 1. The molecule has 1 fully saturated rings. The van der Waals surface area contributed by atoms with E-state index in [0.717, 1.165) is 27.4 Å². The van der Waals surface area contributed by atoms with Crippen LogP contribution in [0.2, 0.25) is 0 Å². The molecule has 0 atom stereocenters. The fourth-order valence-electron chi connectivity index (χ4n) is 2.13. The molecule has 1 heterocycles. The summed E-state index contributed by atoms with van der Waals surface area (Å²) in [6, 6.07) is 8.40. The van der Waals surface area contributed by atoms with Crippen LogP contribution in [0.25, 0.3) is 11.4 Å². The Kier molecular flexibility index (Phi) is 3.98. The average Bonchev–Trinajstić information content (AvgIpc) is 3.32. The quantitative estimate of drug-likeness (QED) is 0.821. The summed E-state index contributed by atoms with van der Waals surface area (Å²) in [6.07, 6.45) is 4.53. The Hall–Kier alpha value is -1.07. The second-order valence-corrected chi connectivity index (χ2v) is 6.52. The van der Waals surface area contributed by atoms with Crippen LogP contribution in [0.4, 0.5) is 5.82 Å².